The maximum absolute atomic E-state index is 4.82. The van der Waals surface area contributed by atoms with E-state index < -0.39 is 0 Å². The van der Waals surface area contributed by atoms with Gasteiger partial charge < -0.3 is 0 Å². The lowest BCUT2D eigenvalue weighted by molar-refractivity contribution is 0.640. The average molecular weight is 324 g/mol. The molecule has 2 aromatic rings. The van der Waals surface area contributed by atoms with Gasteiger partial charge >= 0.3 is 0 Å². The van der Waals surface area contributed by atoms with Crippen LogP contribution in [0.3, 0.4) is 0 Å². The third-order valence-corrected chi connectivity index (χ3v) is 4.98. The molecule has 1 aliphatic heterocycles. The van der Waals surface area contributed by atoms with Gasteiger partial charge in [-0.2, -0.15) is 0 Å². The number of benzene rings is 2. The molecule has 0 bridgehead atoms. The molecule has 0 aliphatic carbocycles. The molecule has 0 saturated heterocycles. The second-order valence-electron chi connectivity index (χ2n) is 5.13. The Bertz CT molecular complexity index is 692. The van der Waals surface area contributed by atoms with Crippen LogP contribution in [0.5, 0.6) is 0 Å². The van der Waals surface area contributed by atoms with Crippen molar-refractivity contribution in [2.75, 3.05) is 6.54 Å². The minimum Gasteiger partial charge on any atom is -0.277 e. The van der Waals surface area contributed by atoms with Crippen LogP contribution in [0.15, 0.2) is 70.6 Å². The van der Waals surface area contributed by atoms with E-state index in [9.17, 15) is 0 Å². The lowest BCUT2D eigenvalue weighted by Gasteiger charge is -2.15. The molecule has 3 rings (SSSR count). The summed E-state index contributed by atoms with van der Waals surface area (Å²) in [7, 11) is 0. The van der Waals surface area contributed by atoms with Gasteiger partial charge in [-0.1, -0.05) is 60.7 Å². The summed E-state index contributed by atoms with van der Waals surface area (Å²) in [5.41, 5.74) is 2.39. The Labute approximate surface area is 140 Å². The van der Waals surface area contributed by atoms with Crippen LogP contribution >= 0.6 is 24.0 Å². The number of thioether (sulfide) groups is 1. The van der Waals surface area contributed by atoms with E-state index in [1.807, 2.05) is 36.0 Å². The first-order chi connectivity index (χ1) is 10.9. The molecule has 4 heteroatoms. The summed E-state index contributed by atoms with van der Waals surface area (Å²) in [6, 6.07) is 20.7. The van der Waals surface area contributed by atoms with Crippen LogP contribution in [0.2, 0.25) is 0 Å². The number of isothiocyanates is 1. The van der Waals surface area contributed by atoms with Crippen molar-refractivity contribution in [2.24, 2.45) is 9.98 Å². The minimum absolute atomic E-state index is 0.0709. The van der Waals surface area contributed by atoms with E-state index in [1.165, 1.54) is 11.1 Å². The second-order valence-corrected chi connectivity index (χ2v) is 6.61. The van der Waals surface area contributed by atoms with Crippen molar-refractivity contribution in [1.29, 1.82) is 0 Å². The molecule has 0 amide bonds. The number of thiocarbonyl (C=S) groups is 1. The normalized spacial score (nSPS) is 18.4. The third-order valence-electron chi connectivity index (χ3n) is 3.62. The van der Waals surface area contributed by atoms with Gasteiger partial charge in [-0.25, -0.2) is 4.99 Å². The second kappa shape index (κ2) is 7.50. The van der Waals surface area contributed by atoms with Crippen LogP contribution in [0.25, 0.3) is 0 Å². The largest absolute Gasteiger partial charge is 0.277 e. The van der Waals surface area contributed by atoms with Crippen molar-refractivity contribution < 1.29 is 0 Å². The van der Waals surface area contributed by atoms with Crippen LogP contribution in [0.1, 0.15) is 23.6 Å². The van der Waals surface area contributed by atoms with Gasteiger partial charge in [0.2, 0.25) is 0 Å². The molecule has 0 radical (unpaired) electrons. The summed E-state index contributed by atoms with van der Waals surface area (Å²) < 4.78 is 0. The Morgan fingerprint density at radius 3 is 2.50 bits per heavy atom. The molecule has 2 unspecified atom stereocenters. The maximum atomic E-state index is 4.82. The Kier molecular flexibility index (Phi) is 5.17. The van der Waals surface area contributed by atoms with E-state index in [0.717, 1.165) is 18.0 Å². The van der Waals surface area contributed by atoms with E-state index in [2.05, 4.69) is 51.5 Å². The van der Waals surface area contributed by atoms with E-state index >= 15 is 0 Å². The Morgan fingerprint density at radius 1 is 1.14 bits per heavy atom. The first-order valence-electron chi connectivity index (χ1n) is 7.25. The van der Waals surface area contributed by atoms with Gasteiger partial charge in [-0.15, -0.1) is 11.8 Å². The fourth-order valence-electron chi connectivity index (χ4n) is 2.53. The standard InChI is InChI=1S/C18H16N2S2/c21-13-20-17(14-7-3-1-4-8-14)11-16-12-19-18(22-16)15-9-5-2-6-10-15/h1-10,16-17H,11-12H2. The quantitative estimate of drug-likeness (QED) is 0.584. The van der Waals surface area contributed by atoms with Crippen LogP contribution < -0.4 is 0 Å². The van der Waals surface area contributed by atoms with Crippen molar-refractivity contribution in [3.8, 4) is 0 Å². The van der Waals surface area contributed by atoms with Gasteiger partial charge in [0.15, 0.2) is 0 Å². The van der Waals surface area contributed by atoms with Gasteiger partial charge in [-0.05, 0) is 24.2 Å². The number of hydrogen-bond donors (Lipinski definition) is 0. The fraction of sp³-hybridized carbons (Fsp3) is 0.222. The SMILES string of the molecule is S=C=NC(CC1CN=C(c2ccccc2)S1)c1ccccc1. The molecule has 22 heavy (non-hydrogen) atoms. The van der Waals surface area contributed by atoms with E-state index in [1.54, 1.807) is 0 Å². The monoisotopic (exact) mass is 324 g/mol. The zero-order valence-electron chi connectivity index (χ0n) is 12.1. The van der Waals surface area contributed by atoms with Crippen molar-refractivity contribution in [1.82, 2.24) is 0 Å². The lowest BCUT2D eigenvalue weighted by atomic mass is 10.0. The lowest BCUT2D eigenvalue weighted by Crippen LogP contribution is -2.09. The Morgan fingerprint density at radius 2 is 1.82 bits per heavy atom. The number of nitrogens with zero attached hydrogens (tertiary/aromatic N) is 2. The highest BCUT2D eigenvalue weighted by Gasteiger charge is 2.24. The van der Waals surface area contributed by atoms with Crippen molar-refractivity contribution >= 4 is 34.2 Å². The fourth-order valence-corrected chi connectivity index (χ4v) is 3.82. The smallest absolute Gasteiger partial charge is 0.0980 e. The van der Waals surface area contributed by atoms with Crippen molar-refractivity contribution in [3.63, 3.8) is 0 Å². The van der Waals surface area contributed by atoms with E-state index in [0.29, 0.717) is 5.25 Å². The zero-order chi connectivity index (χ0) is 15.2. The predicted octanol–water partition coefficient (Wildman–Crippen LogP) is 4.78. The zero-order valence-corrected chi connectivity index (χ0v) is 13.7. The van der Waals surface area contributed by atoms with E-state index in [-0.39, 0.29) is 6.04 Å². The summed E-state index contributed by atoms with van der Waals surface area (Å²) in [6.07, 6.45) is 0.929. The number of rotatable bonds is 5. The predicted molar refractivity (Wildman–Crippen MR) is 98.1 cm³/mol. The molecule has 0 spiro atoms. The topological polar surface area (TPSA) is 24.7 Å². The van der Waals surface area contributed by atoms with Gasteiger partial charge in [0, 0.05) is 10.8 Å². The Balaban J connectivity index is 1.68. The molecule has 2 atom stereocenters. The molecule has 0 fully saturated rings. The molecule has 0 saturated carbocycles. The summed E-state index contributed by atoms with van der Waals surface area (Å²) in [6.45, 7) is 0.838. The number of aliphatic imine (C=N–C) groups is 2. The van der Waals surface area contributed by atoms with Gasteiger partial charge in [0.25, 0.3) is 0 Å². The Hall–Kier alpha value is -1.74. The van der Waals surface area contributed by atoms with Crippen molar-refractivity contribution in [3.05, 3.63) is 71.8 Å². The van der Waals surface area contributed by atoms with Crippen LogP contribution in [-0.2, 0) is 0 Å². The first kappa shape index (κ1) is 15.2. The molecule has 0 N–H and O–H groups in total. The highest BCUT2D eigenvalue weighted by atomic mass is 32.2. The van der Waals surface area contributed by atoms with Gasteiger partial charge in [0.05, 0.1) is 22.8 Å². The molecule has 1 aliphatic rings. The highest BCUT2D eigenvalue weighted by molar-refractivity contribution is 8.15. The third kappa shape index (κ3) is 3.72. The summed E-state index contributed by atoms with van der Waals surface area (Å²) in [4.78, 5) is 9.04. The van der Waals surface area contributed by atoms with Gasteiger partial charge in [0.1, 0.15) is 0 Å². The summed E-state index contributed by atoms with van der Waals surface area (Å²) in [5, 5.41) is 4.11. The van der Waals surface area contributed by atoms with Gasteiger partial charge in [-0.3, -0.25) is 4.99 Å². The highest BCUT2D eigenvalue weighted by Crippen LogP contribution is 2.33. The average Bonchev–Trinajstić information content (AvgIpc) is 3.05. The molecular formula is C18H16N2S2. The minimum atomic E-state index is 0.0709. The van der Waals surface area contributed by atoms with Crippen molar-refractivity contribution in [2.45, 2.75) is 17.7 Å². The molecule has 0 aromatic heterocycles. The summed E-state index contributed by atoms with van der Waals surface area (Å²) >= 11 is 6.66. The first-order valence-corrected chi connectivity index (χ1v) is 8.54. The molecule has 110 valence electrons. The molecule has 2 aromatic carbocycles. The van der Waals surface area contributed by atoms with Crippen LogP contribution in [0, 0.1) is 0 Å². The molecule has 1 heterocycles. The van der Waals surface area contributed by atoms with Crippen LogP contribution in [0.4, 0.5) is 0 Å². The maximum Gasteiger partial charge on any atom is 0.0980 e. The molecular weight excluding hydrogens is 308 g/mol. The van der Waals surface area contributed by atoms with E-state index in [4.69, 9.17) is 12.2 Å². The molecule has 2 nitrogen and oxygen atoms in total. The number of hydrogen-bond acceptors (Lipinski definition) is 4. The van der Waals surface area contributed by atoms with Crippen LogP contribution in [-0.4, -0.2) is 22.0 Å². The summed E-state index contributed by atoms with van der Waals surface area (Å²) in [5.74, 6) is 0.